The molecule has 1 saturated heterocycles. The van der Waals surface area contributed by atoms with Gasteiger partial charge in [-0.1, -0.05) is 31.0 Å². The average molecular weight is 395 g/mol. The third-order valence-electron chi connectivity index (χ3n) is 6.07. The number of carbonyl (C=O) groups is 2. The fourth-order valence-electron chi connectivity index (χ4n) is 4.54. The summed E-state index contributed by atoms with van der Waals surface area (Å²) < 4.78 is 14.0. The summed E-state index contributed by atoms with van der Waals surface area (Å²) in [5.41, 5.74) is 8.47. The van der Waals surface area contributed by atoms with E-state index in [0.29, 0.717) is 11.5 Å². The van der Waals surface area contributed by atoms with Crippen LogP contribution < -0.4 is 16.2 Å². The van der Waals surface area contributed by atoms with Gasteiger partial charge in [0, 0.05) is 17.5 Å². The van der Waals surface area contributed by atoms with E-state index in [1.54, 1.807) is 25.1 Å². The third kappa shape index (κ3) is 4.32. The molecule has 2 amide bonds. The Labute approximate surface area is 170 Å². The zero-order valence-electron chi connectivity index (χ0n) is 16.5. The maximum absolute atomic E-state index is 14.0. The van der Waals surface area contributed by atoms with Gasteiger partial charge in [0.1, 0.15) is 5.82 Å². The number of rotatable bonds is 4. The number of fused-ring (bicyclic) bond motifs is 1. The van der Waals surface area contributed by atoms with Gasteiger partial charge in [-0.2, -0.15) is 0 Å². The van der Waals surface area contributed by atoms with E-state index in [-0.39, 0.29) is 29.5 Å². The summed E-state index contributed by atoms with van der Waals surface area (Å²) in [6.45, 7) is 1.80. The summed E-state index contributed by atoms with van der Waals surface area (Å²) in [7, 11) is 0. The molecule has 1 aliphatic carbocycles. The lowest BCUT2D eigenvalue weighted by Gasteiger charge is -2.41. The number of amides is 2. The van der Waals surface area contributed by atoms with Gasteiger partial charge < -0.3 is 5.32 Å². The first kappa shape index (κ1) is 19.6. The maximum atomic E-state index is 14.0. The van der Waals surface area contributed by atoms with Crippen LogP contribution in [0.4, 0.5) is 10.1 Å². The van der Waals surface area contributed by atoms with Crippen LogP contribution >= 0.6 is 0 Å². The van der Waals surface area contributed by atoms with Crippen molar-refractivity contribution >= 4 is 17.5 Å². The Kier molecular flexibility index (Phi) is 5.62. The zero-order valence-corrected chi connectivity index (χ0v) is 16.5. The Morgan fingerprint density at radius 2 is 2.00 bits per heavy atom. The second-order valence-corrected chi connectivity index (χ2v) is 8.14. The largest absolute Gasteiger partial charge is 0.319 e. The number of benzene rings is 2. The van der Waals surface area contributed by atoms with Crippen LogP contribution in [0.2, 0.25) is 0 Å². The van der Waals surface area contributed by atoms with Gasteiger partial charge >= 0.3 is 0 Å². The number of hydrazine groups is 1. The molecule has 3 unspecified atom stereocenters. The molecule has 6 heteroatoms. The van der Waals surface area contributed by atoms with Crippen LogP contribution in [0.15, 0.2) is 42.5 Å². The predicted octanol–water partition coefficient (Wildman–Crippen LogP) is 3.74. The number of halogens is 1. The number of hydrogen-bond donors (Lipinski definition) is 3. The normalized spacial score (nSPS) is 23.8. The molecule has 1 aliphatic heterocycles. The average Bonchev–Trinajstić information content (AvgIpc) is 2.72. The molecule has 29 heavy (non-hydrogen) atoms. The topological polar surface area (TPSA) is 70.2 Å². The molecule has 2 fully saturated rings. The number of carbonyl (C=O) groups excluding carboxylic acids is 2. The summed E-state index contributed by atoms with van der Waals surface area (Å²) in [4.78, 5) is 24.8. The predicted molar refractivity (Wildman–Crippen MR) is 110 cm³/mol. The third-order valence-corrected chi connectivity index (χ3v) is 6.07. The number of hydrogen-bond acceptors (Lipinski definition) is 3. The lowest BCUT2D eigenvalue weighted by molar-refractivity contribution is -0.133. The van der Waals surface area contributed by atoms with E-state index >= 15 is 0 Å². The lowest BCUT2D eigenvalue weighted by Crippen LogP contribution is -2.60. The van der Waals surface area contributed by atoms with Crippen molar-refractivity contribution in [2.45, 2.75) is 45.1 Å². The fourth-order valence-corrected chi connectivity index (χ4v) is 4.54. The first-order chi connectivity index (χ1) is 14.0. The molecule has 0 spiro atoms. The van der Waals surface area contributed by atoms with Gasteiger partial charge in [-0.25, -0.2) is 9.82 Å². The minimum atomic E-state index is -0.444. The van der Waals surface area contributed by atoms with Crippen molar-refractivity contribution in [3.63, 3.8) is 0 Å². The standard InChI is InChI=1S/C23H26FN3O2/c1-14-9-10-20(19(24)11-14)25-22(28)16-6-4-5-15(12-16)13-21-17-7-2-3-8-18(17)23(29)27-26-21/h4-6,9-12,17-18,21,26H,2-3,7-8,13H2,1H3,(H,25,28)(H,27,29). The molecule has 1 heterocycles. The van der Waals surface area contributed by atoms with E-state index in [1.807, 2.05) is 18.2 Å². The lowest BCUT2D eigenvalue weighted by atomic mass is 9.72. The highest BCUT2D eigenvalue weighted by Gasteiger charge is 2.39. The number of nitrogens with one attached hydrogen (secondary N) is 3. The highest BCUT2D eigenvalue weighted by atomic mass is 19.1. The molecular weight excluding hydrogens is 369 g/mol. The second kappa shape index (κ2) is 8.33. The van der Waals surface area contributed by atoms with Crippen molar-refractivity contribution < 1.29 is 14.0 Å². The molecule has 0 bridgehead atoms. The van der Waals surface area contributed by atoms with E-state index in [2.05, 4.69) is 16.2 Å². The van der Waals surface area contributed by atoms with Gasteiger partial charge in [0.15, 0.2) is 0 Å². The van der Waals surface area contributed by atoms with Crippen molar-refractivity contribution in [1.29, 1.82) is 0 Å². The summed E-state index contributed by atoms with van der Waals surface area (Å²) in [6, 6.07) is 12.3. The first-order valence-corrected chi connectivity index (χ1v) is 10.2. The number of anilines is 1. The number of aryl methyl sites for hydroxylation is 1. The van der Waals surface area contributed by atoms with Crippen LogP contribution in [-0.4, -0.2) is 17.9 Å². The summed E-state index contributed by atoms with van der Waals surface area (Å²) in [5, 5.41) is 2.65. The molecule has 4 rings (SSSR count). The van der Waals surface area contributed by atoms with Crippen LogP contribution in [0, 0.1) is 24.6 Å². The van der Waals surface area contributed by atoms with Gasteiger partial charge in [0.25, 0.3) is 5.91 Å². The molecule has 0 aromatic heterocycles. The Balaban J connectivity index is 1.47. The summed E-state index contributed by atoms with van der Waals surface area (Å²) >= 11 is 0. The second-order valence-electron chi connectivity index (χ2n) is 8.14. The van der Waals surface area contributed by atoms with E-state index in [9.17, 15) is 14.0 Å². The minimum Gasteiger partial charge on any atom is -0.319 e. The Hall–Kier alpha value is -2.73. The maximum Gasteiger partial charge on any atom is 0.255 e. The molecule has 3 atom stereocenters. The quantitative estimate of drug-likeness (QED) is 0.739. The first-order valence-electron chi connectivity index (χ1n) is 10.2. The fraction of sp³-hybridized carbons (Fsp3) is 0.391. The van der Waals surface area contributed by atoms with Crippen molar-refractivity contribution in [3.05, 3.63) is 65.0 Å². The Bertz CT molecular complexity index is 930. The van der Waals surface area contributed by atoms with Crippen molar-refractivity contribution in [3.8, 4) is 0 Å². The van der Waals surface area contributed by atoms with Crippen LogP contribution in [0.5, 0.6) is 0 Å². The Morgan fingerprint density at radius 3 is 2.83 bits per heavy atom. The molecule has 2 aromatic rings. The van der Waals surface area contributed by atoms with Gasteiger partial charge in [0.05, 0.1) is 5.69 Å². The van der Waals surface area contributed by atoms with Crippen molar-refractivity contribution in [2.24, 2.45) is 11.8 Å². The molecule has 152 valence electrons. The summed E-state index contributed by atoms with van der Waals surface area (Å²) in [5.74, 6) is -0.295. The zero-order chi connectivity index (χ0) is 20.4. The highest BCUT2D eigenvalue weighted by molar-refractivity contribution is 6.04. The van der Waals surface area contributed by atoms with Crippen LogP contribution in [0.3, 0.4) is 0 Å². The molecular formula is C23H26FN3O2. The molecule has 2 aliphatic rings. The van der Waals surface area contributed by atoms with E-state index in [1.165, 1.54) is 6.07 Å². The molecule has 3 N–H and O–H groups in total. The molecule has 5 nitrogen and oxygen atoms in total. The van der Waals surface area contributed by atoms with Crippen LogP contribution in [-0.2, 0) is 11.2 Å². The SMILES string of the molecule is Cc1ccc(NC(=O)c2cccc(CC3NNC(=O)C4CCCCC34)c2)c(F)c1. The van der Waals surface area contributed by atoms with Gasteiger partial charge in [-0.05, 0) is 67.5 Å². The van der Waals surface area contributed by atoms with Crippen LogP contribution in [0.1, 0.15) is 47.2 Å². The van der Waals surface area contributed by atoms with E-state index < -0.39 is 5.82 Å². The molecule has 2 aromatic carbocycles. The molecule has 1 saturated carbocycles. The van der Waals surface area contributed by atoms with Crippen LogP contribution in [0.25, 0.3) is 0 Å². The van der Waals surface area contributed by atoms with E-state index in [4.69, 9.17) is 0 Å². The summed E-state index contributed by atoms with van der Waals surface area (Å²) in [6.07, 6.45) is 4.97. The smallest absolute Gasteiger partial charge is 0.255 e. The van der Waals surface area contributed by atoms with Gasteiger partial charge in [0.2, 0.25) is 5.91 Å². The monoisotopic (exact) mass is 395 g/mol. The van der Waals surface area contributed by atoms with Crippen molar-refractivity contribution in [2.75, 3.05) is 5.32 Å². The highest BCUT2D eigenvalue weighted by Crippen LogP contribution is 2.35. The van der Waals surface area contributed by atoms with Gasteiger partial charge in [-0.3, -0.25) is 15.0 Å². The van der Waals surface area contributed by atoms with Crippen molar-refractivity contribution in [1.82, 2.24) is 10.9 Å². The van der Waals surface area contributed by atoms with E-state index in [0.717, 1.165) is 43.2 Å². The molecule has 0 radical (unpaired) electrons. The van der Waals surface area contributed by atoms with Gasteiger partial charge in [-0.15, -0.1) is 0 Å². The Morgan fingerprint density at radius 1 is 1.17 bits per heavy atom. The minimum absolute atomic E-state index is 0.0750.